The Balaban J connectivity index is 1.65. The van der Waals surface area contributed by atoms with Crippen molar-refractivity contribution in [2.45, 2.75) is 12.1 Å². The molecule has 0 radical (unpaired) electrons. The van der Waals surface area contributed by atoms with Crippen LogP contribution >= 0.6 is 23.4 Å². The molecule has 1 N–H and O–H groups in total. The molecule has 0 saturated heterocycles. The lowest BCUT2D eigenvalue weighted by atomic mass is 10.2. The van der Waals surface area contributed by atoms with Crippen LogP contribution in [0, 0.1) is 0 Å². The Morgan fingerprint density at radius 3 is 2.62 bits per heavy atom. The number of thioether (sulfide) groups is 1. The topological polar surface area (TPSA) is 73.2 Å². The van der Waals surface area contributed by atoms with Gasteiger partial charge in [0.15, 0.2) is 5.16 Å². The summed E-state index contributed by atoms with van der Waals surface area (Å²) in [5, 5.41) is 4.16. The van der Waals surface area contributed by atoms with E-state index in [4.69, 9.17) is 16.3 Å². The number of esters is 1. The molecule has 29 heavy (non-hydrogen) atoms. The summed E-state index contributed by atoms with van der Waals surface area (Å²) in [5.41, 5.74) is 2.68. The molecule has 0 bridgehead atoms. The summed E-state index contributed by atoms with van der Waals surface area (Å²) < 4.78 is 6.95. The predicted molar refractivity (Wildman–Crippen MR) is 115 cm³/mol. The molecule has 0 saturated carbocycles. The monoisotopic (exact) mass is 429 g/mol. The molecule has 8 heteroatoms. The van der Waals surface area contributed by atoms with E-state index in [2.05, 4.69) is 10.3 Å². The molecule has 0 unspecified atom stereocenters. The number of nitrogens with one attached hydrogen (secondary N) is 1. The average Bonchev–Trinajstić information content (AvgIpc) is 3.08. The lowest BCUT2D eigenvalue weighted by Crippen LogP contribution is -2.17. The maximum Gasteiger partial charge on any atom is 0.340 e. The zero-order valence-electron chi connectivity index (χ0n) is 16.0. The number of para-hydroxylation sites is 1. The van der Waals surface area contributed by atoms with Gasteiger partial charge in [0.2, 0.25) is 5.91 Å². The standard InChI is InChI=1S/C21H20ClN3O3S/c1-3-28-20(27)16-6-4-5-7-17(16)24-19(26)13-29-21-23-12-18(25(21)2)14-8-10-15(22)11-9-14/h4-12H,3,13H2,1-2H3,(H,24,26). The average molecular weight is 430 g/mol. The van der Waals surface area contributed by atoms with E-state index in [-0.39, 0.29) is 18.3 Å². The third kappa shape index (κ3) is 5.19. The van der Waals surface area contributed by atoms with Crippen LogP contribution in [0.2, 0.25) is 5.02 Å². The summed E-state index contributed by atoms with van der Waals surface area (Å²) in [6.45, 7) is 2.01. The molecule has 2 aromatic carbocycles. The minimum absolute atomic E-state index is 0.155. The second-order valence-corrected chi connectivity index (χ2v) is 7.47. The van der Waals surface area contributed by atoms with E-state index in [9.17, 15) is 9.59 Å². The summed E-state index contributed by atoms with van der Waals surface area (Å²) in [6, 6.07) is 14.3. The lowest BCUT2D eigenvalue weighted by Gasteiger charge is -2.10. The smallest absolute Gasteiger partial charge is 0.340 e. The van der Waals surface area contributed by atoms with Gasteiger partial charge in [0, 0.05) is 12.1 Å². The van der Waals surface area contributed by atoms with Gasteiger partial charge < -0.3 is 14.6 Å². The lowest BCUT2D eigenvalue weighted by molar-refractivity contribution is -0.113. The molecule has 3 rings (SSSR count). The van der Waals surface area contributed by atoms with Crippen LogP contribution in [0.4, 0.5) is 5.69 Å². The van der Waals surface area contributed by atoms with E-state index in [1.165, 1.54) is 11.8 Å². The van der Waals surface area contributed by atoms with E-state index in [1.807, 2.05) is 35.9 Å². The zero-order valence-corrected chi connectivity index (χ0v) is 17.6. The Morgan fingerprint density at radius 1 is 1.17 bits per heavy atom. The largest absolute Gasteiger partial charge is 0.462 e. The van der Waals surface area contributed by atoms with E-state index in [0.29, 0.717) is 21.4 Å². The molecule has 0 aliphatic heterocycles. The van der Waals surface area contributed by atoms with E-state index < -0.39 is 5.97 Å². The van der Waals surface area contributed by atoms with Gasteiger partial charge in [-0.25, -0.2) is 9.78 Å². The highest BCUT2D eigenvalue weighted by Gasteiger charge is 2.15. The maximum absolute atomic E-state index is 12.4. The Bertz CT molecular complexity index is 1020. The first kappa shape index (κ1) is 21.0. The minimum atomic E-state index is -0.465. The van der Waals surface area contributed by atoms with Crippen LogP contribution in [0.5, 0.6) is 0 Å². The molecule has 1 aromatic heterocycles. The third-order valence-corrected chi connectivity index (χ3v) is 5.41. The van der Waals surface area contributed by atoms with Gasteiger partial charge in [-0.15, -0.1) is 0 Å². The number of aromatic nitrogens is 2. The van der Waals surface area contributed by atoms with E-state index in [0.717, 1.165) is 11.3 Å². The number of anilines is 1. The summed E-state index contributed by atoms with van der Waals surface area (Å²) in [7, 11) is 1.90. The molecule has 6 nitrogen and oxygen atoms in total. The molecule has 0 spiro atoms. The molecular formula is C21H20ClN3O3S. The van der Waals surface area contributed by atoms with E-state index in [1.54, 1.807) is 37.4 Å². The van der Waals surface area contributed by atoms with Crippen LogP contribution in [-0.4, -0.2) is 33.8 Å². The number of amides is 1. The van der Waals surface area contributed by atoms with Crippen molar-refractivity contribution in [3.63, 3.8) is 0 Å². The molecule has 3 aromatic rings. The van der Waals surface area contributed by atoms with Crippen LogP contribution in [0.3, 0.4) is 0 Å². The van der Waals surface area contributed by atoms with Crippen molar-refractivity contribution in [3.05, 3.63) is 65.3 Å². The predicted octanol–water partition coefficient (Wildman–Crippen LogP) is 4.65. The van der Waals surface area contributed by atoms with Crippen molar-refractivity contribution in [3.8, 4) is 11.3 Å². The molecule has 1 heterocycles. The minimum Gasteiger partial charge on any atom is -0.462 e. The highest BCUT2D eigenvalue weighted by Crippen LogP contribution is 2.26. The quantitative estimate of drug-likeness (QED) is 0.437. The number of hydrogen-bond donors (Lipinski definition) is 1. The second-order valence-electron chi connectivity index (χ2n) is 6.09. The number of halogens is 1. The second kappa shape index (κ2) is 9.62. The first-order chi connectivity index (χ1) is 14.0. The van der Waals surface area contributed by atoms with Gasteiger partial charge in [-0.1, -0.05) is 47.6 Å². The fourth-order valence-corrected chi connectivity index (χ4v) is 3.59. The van der Waals surface area contributed by atoms with Gasteiger partial charge >= 0.3 is 5.97 Å². The fourth-order valence-electron chi connectivity index (χ4n) is 2.71. The highest BCUT2D eigenvalue weighted by atomic mass is 35.5. The molecule has 150 valence electrons. The Kier molecular flexibility index (Phi) is 6.95. The number of carbonyl (C=O) groups is 2. The van der Waals surface area contributed by atoms with Crippen molar-refractivity contribution in [2.24, 2.45) is 7.05 Å². The zero-order chi connectivity index (χ0) is 20.8. The number of carbonyl (C=O) groups excluding carboxylic acids is 2. The Labute approximate surface area is 178 Å². The summed E-state index contributed by atoms with van der Waals surface area (Å²) in [4.78, 5) is 28.8. The van der Waals surface area contributed by atoms with Crippen LogP contribution in [0.15, 0.2) is 59.9 Å². The molecular weight excluding hydrogens is 410 g/mol. The number of hydrogen-bond acceptors (Lipinski definition) is 5. The third-order valence-electron chi connectivity index (χ3n) is 4.11. The van der Waals surface area contributed by atoms with Crippen molar-refractivity contribution in [1.82, 2.24) is 9.55 Å². The van der Waals surface area contributed by atoms with Crippen molar-refractivity contribution in [1.29, 1.82) is 0 Å². The SMILES string of the molecule is CCOC(=O)c1ccccc1NC(=O)CSc1ncc(-c2ccc(Cl)cc2)n1C. The maximum atomic E-state index is 12.4. The molecule has 0 aliphatic rings. The highest BCUT2D eigenvalue weighted by molar-refractivity contribution is 7.99. The first-order valence-corrected chi connectivity index (χ1v) is 10.3. The van der Waals surface area contributed by atoms with Gasteiger partial charge in [0.1, 0.15) is 0 Å². The Hall–Kier alpha value is -2.77. The summed E-state index contributed by atoms with van der Waals surface area (Å²) in [5.74, 6) is -0.544. The Morgan fingerprint density at radius 2 is 1.90 bits per heavy atom. The van der Waals surface area contributed by atoms with Gasteiger partial charge in [0.05, 0.1) is 35.5 Å². The molecule has 0 atom stereocenters. The van der Waals surface area contributed by atoms with Gasteiger partial charge in [0.25, 0.3) is 0 Å². The van der Waals surface area contributed by atoms with Gasteiger partial charge in [-0.2, -0.15) is 0 Å². The van der Waals surface area contributed by atoms with Crippen molar-refractivity contribution >= 4 is 40.9 Å². The van der Waals surface area contributed by atoms with Gasteiger partial charge in [-0.05, 0) is 36.8 Å². The molecule has 0 aliphatic carbocycles. The normalized spacial score (nSPS) is 10.6. The number of rotatable bonds is 7. The van der Waals surface area contributed by atoms with Crippen molar-refractivity contribution in [2.75, 3.05) is 17.7 Å². The number of imidazole rings is 1. The number of ether oxygens (including phenoxy) is 1. The fraction of sp³-hybridized carbons (Fsp3) is 0.190. The molecule has 0 fully saturated rings. The first-order valence-electron chi connectivity index (χ1n) is 8.96. The number of nitrogens with zero attached hydrogens (tertiary/aromatic N) is 2. The molecule has 1 amide bonds. The number of benzene rings is 2. The van der Waals surface area contributed by atoms with Crippen LogP contribution in [-0.2, 0) is 16.6 Å². The summed E-state index contributed by atoms with van der Waals surface area (Å²) in [6.07, 6.45) is 1.76. The van der Waals surface area contributed by atoms with Crippen LogP contribution in [0.1, 0.15) is 17.3 Å². The van der Waals surface area contributed by atoms with Crippen LogP contribution in [0.25, 0.3) is 11.3 Å². The van der Waals surface area contributed by atoms with Crippen LogP contribution < -0.4 is 5.32 Å². The van der Waals surface area contributed by atoms with E-state index >= 15 is 0 Å². The van der Waals surface area contributed by atoms with Crippen molar-refractivity contribution < 1.29 is 14.3 Å². The summed E-state index contributed by atoms with van der Waals surface area (Å²) >= 11 is 7.26. The van der Waals surface area contributed by atoms with Gasteiger partial charge in [-0.3, -0.25) is 4.79 Å².